The molecule has 1 aliphatic carbocycles. The lowest BCUT2D eigenvalue weighted by molar-refractivity contribution is -0.127. The second kappa shape index (κ2) is 8.39. The van der Waals surface area contributed by atoms with Crippen molar-refractivity contribution in [2.24, 2.45) is 5.73 Å². The van der Waals surface area contributed by atoms with Crippen LogP contribution in [-0.4, -0.2) is 48.6 Å². The molecule has 3 rings (SSSR count). The van der Waals surface area contributed by atoms with Crippen molar-refractivity contribution in [3.8, 4) is 5.75 Å². The molecule has 0 spiro atoms. The van der Waals surface area contributed by atoms with Gasteiger partial charge in [-0.3, -0.25) is 9.69 Å². The fourth-order valence-electron chi connectivity index (χ4n) is 3.69. The molecule has 1 aromatic rings. The van der Waals surface area contributed by atoms with Gasteiger partial charge in [0.25, 0.3) is 0 Å². The average Bonchev–Trinajstić information content (AvgIpc) is 3.06. The number of amides is 1. The van der Waals surface area contributed by atoms with Gasteiger partial charge in [0, 0.05) is 30.7 Å². The molecule has 1 aliphatic heterocycles. The number of hydrogen-bond donors (Lipinski definition) is 2. The molecule has 3 N–H and O–H groups in total. The number of carbonyl (C=O) groups is 1. The second-order valence-corrected chi connectivity index (χ2v) is 7.69. The lowest BCUT2D eigenvalue weighted by Gasteiger charge is -2.34. The number of halogens is 1. The van der Waals surface area contributed by atoms with Gasteiger partial charge < -0.3 is 15.8 Å². The molecule has 1 heterocycles. The minimum atomic E-state index is -0.621. The van der Waals surface area contributed by atoms with E-state index >= 15 is 0 Å². The highest BCUT2D eigenvalue weighted by atomic mass is 35.5. The van der Waals surface area contributed by atoms with Crippen molar-refractivity contribution in [1.29, 1.82) is 0 Å². The smallest absolute Gasteiger partial charge is 0.240 e. The van der Waals surface area contributed by atoms with Crippen molar-refractivity contribution in [1.82, 2.24) is 10.2 Å². The molecule has 2 aliphatic rings. The number of nitrogens with two attached hydrogens (primary N) is 1. The standard InChI is InChI=1S/C19H28ClN3O2/c20-15-3-5-17(6-4-15)25-14-13-23-11-7-16(8-12-23)22-18(24)19(21)9-1-2-10-19/h3-6,16H,1-2,7-14,21H2,(H,22,24). The van der Waals surface area contributed by atoms with Gasteiger partial charge in [0.05, 0.1) is 5.54 Å². The van der Waals surface area contributed by atoms with Gasteiger partial charge in [0.15, 0.2) is 0 Å². The Kier molecular flexibility index (Phi) is 6.20. The summed E-state index contributed by atoms with van der Waals surface area (Å²) in [5.74, 6) is 0.894. The van der Waals surface area contributed by atoms with Crippen LogP contribution in [0, 0.1) is 0 Å². The molecule has 0 bridgehead atoms. The predicted molar refractivity (Wildman–Crippen MR) is 99.9 cm³/mol. The SMILES string of the molecule is NC1(C(=O)NC2CCN(CCOc3ccc(Cl)cc3)CC2)CCCC1. The Hall–Kier alpha value is -1.30. The van der Waals surface area contributed by atoms with Crippen LogP contribution in [0.5, 0.6) is 5.75 Å². The first-order valence-corrected chi connectivity index (χ1v) is 9.63. The molecular weight excluding hydrogens is 338 g/mol. The lowest BCUT2D eigenvalue weighted by atomic mass is 9.96. The maximum absolute atomic E-state index is 12.4. The zero-order chi connectivity index (χ0) is 17.7. The summed E-state index contributed by atoms with van der Waals surface area (Å²) in [7, 11) is 0. The third-order valence-electron chi connectivity index (χ3n) is 5.36. The summed E-state index contributed by atoms with van der Waals surface area (Å²) in [4.78, 5) is 14.8. The fraction of sp³-hybridized carbons (Fsp3) is 0.632. The van der Waals surface area contributed by atoms with Crippen LogP contribution in [0.3, 0.4) is 0 Å². The van der Waals surface area contributed by atoms with E-state index in [0.717, 1.165) is 63.9 Å². The van der Waals surface area contributed by atoms with E-state index in [1.54, 1.807) is 0 Å². The van der Waals surface area contributed by atoms with Crippen molar-refractivity contribution in [3.05, 3.63) is 29.3 Å². The van der Waals surface area contributed by atoms with Crippen LogP contribution in [0.15, 0.2) is 24.3 Å². The van der Waals surface area contributed by atoms with E-state index in [1.807, 2.05) is 24.3 Å². The summed E-state index contributed by atoms with van der Waals surface area (Å²) < 4.78 is 5.75. The number of nitrogens with zero attached hydrogens (tertiary/aromatic N) is 1. The molecular formula is C19H28ClN3O2. The Labute approximate surface area is 154 Å². The highest BCUT2D eigenvalue weighted by Gasteiger charge is 2.38. The highest BCUT2D eigenvalue weighted by molar-refractivity contribution is 6.30. The van der Waals surface area contributed by atoms with Crippen LogP contribution in [0.4, 0.5) is 0 Å². The average molecular weight is 366 g/mol. The summed E-state index contributed by atoms with van der Waals surface area (Å²) in [6, 6.07) is 7.69. The number of hydrogen-bond acceptors (Lipinski definition) is 4. The number of nitrogens with one attached hydrogen (secondary N) is 1. The molecule has 5 nitrogen and oxygen atoms in total. The van der Waals surface area contributed by atoms with Gasteiger partial charge in [-0.2, -0.15) is 0 Å². The molecule has 0 radical (unpaired) electrons. The molecule has 2 fully saturated rings. The molecule has 0 unspecified atom stereocenters. The number of carbonyl (C=O) groups excluding carboxylic acids is 1. The zero-order valence-corrected chi connectivity index (χ0v) is 15.4. The second-order valence-electron chi connectivity index (χ2n) is 7.26. The number of likely N-dealkylation sites (tertiary alicyclic amines) is 1. The van der Waals surface area contributed by atoms with Crippen LogP contribution in [0.25, 0.3) is 0 Å². The molecule has 1 aromatic carbocycles. The Morgan fingerprint density at radius 3 is 2.52 bits per heavy atom. The van der Waals surface area contributed by atoms with Crippen molar-refractivity contribution >= 4 is 17.5 Å². The molecule has 138 valence electrons. The van der Waals surface area contributed by atoms with E-state index in [2.05, 4.69) is 10.2 Å². The quantitative estimate of drug-likeness (QED) is 0.813. The van der Waals surface area contributed by atoms with Gasteiger partial charge in [-0.25, -0.2) is 0 Å². The van der Waals surface area contributed by atoms with Crippen molar-refractivity contribution < 1.29 is 9.53 Å². The predicted octanol–water partition coefficient (Wildman–Crippen LogP) is 2.57. The van der Waals surface area contributed by atoms with Gasteiger partial charge in [0.1, 0.15) is 12.4 Å². The maximum atomic E-state index is 12.4. The minimum Gasteiger partial charge on any atom is -0.492 e. The largest absolute Gasteiger partial charge is 0.492 e. The summed E-state index contributed by atoms with van der Waals surface area (Å²) in [6.07, 6.45) is 5.72. The van der Waals surface area contributed by atoms with Crippen LogP contribution in [0.2, 0.25) is 5.02 Å². The summed E-state index contributed by atoms with van der Waals surface area (Å²) in [5.41, 5.74) is 5.61. The van der Waals surface area contributed by atoms with E-state index in [9.17, 15) is 4.79 Å². The fourth-order valence-corrected chi connectivity index (χ4v) is 3.81. The minimum absolute atomic E-state index is 0.0505. The Morgan fingerprint density at radius 2 is 1.88 bits per heavy atom. The molecule has 6 heteroatoms. The van der Waals surface area contributed by atoms with Crippen molar-refractivity contribution in [2.75, 3.05) is 26.2 Å². The number of rotatable bonds is 6. The number of ether oxygens (including phenoxy) is 1. The summed E-state index contributed by atoms with van der Waals surface area (Å²) in [5, 5.41) is 3.89. The molecule has 25 heavy (non-hydrogen) atoms. The highest BCUT2D eigenvalue weighted by Crippen LogP contribution is 2.27. The van der Waals surface area contributed by atoms with E-state index in [0.29, 0.717) is 11.6 Å². The third-order valence-corrected chi connectivity index (χ3v) is 5.61. The van der Waals surface area contributed by atoms with Crippen LogP contribution in [0.1, 0.15) is 38.5 Å². The number of piperidine rings is 1. The van der Waals surface area contributed by atoms with E-state index in [4.69, 9.17) is 22.1 Å². The van der Waals surface area contributed by atoms with Crippen LogP contribution in [-0.2, 0) is 4.79 Å². The van der Waals surface area contributed by atoms with E-state index in [-0.39, 0.29) is 11.9 Å². The normalized spacial score (nSPS) is 21.2. The van der Waals surface area contributed by atoms with Gasteiger partial charge in [-0.05, 0) is 49.9 Å². The monoisotopic (exact) mass is 365 g/mol. The zero-order valence-electron chi connectivity index (χ0n) is 14.7. The Balaban J connectivity index is 1.34. The van der Waals surface area contributed by atoms with Crippen molar-refractivity contribution in [3.63, 3.8) is 0 Å². The molecule has 0 aromatic heterocycles. The number of benzene rings is 1. The van der Waals surface area contributed by atoms with Gasteiger partial charge in [-0.1, -0.05) is 24.4 Å². The van der Waals surface area contributed by atoms with Crippen LogP contribution >= 0.6 is 11.6 Å². The first-order chi connectivity index (χ1) is 12.0. The lowest BCUT2D eigenvalue weighted by Crippen LogP contribution is -2.56. The summed E-state index contributed by atoms with van der Waals surface area (Å²) >= 11 is 5.87. The van der Waals surface area contributed by atoms with E-state index < -0.39 is 5.54 Å². The topological polar surface area (TPSA) is 67.6 Å². The molecule has 0 atom stereocenters. The van der Waals surface area contributed by atoms with Gasteiger partial charge >= 0.3 is 0 Å². The first-order valence-electron chi connectivity index (χ1n) is 9.26. The Morgan fingerprint density at radius 1 is 1.24 bits per heavy atom. The molecule has 1 amide bonds. The van der Waals surface area contributed by atoms with Gasteiger partial charge in [-0.15, -0.1) is 0 Å². The molecule has 1 saturated heterocycles. The van der Waals surface area contributed by atoms with Crippen LogP contribution < -0.4 is 15.8 Å². The maximum Gasteiger partial charge on any atom is 0.240 e. The third kappa shape index (κ3) is 5.09. The van der Waals surface area contributed by atoms with Gasteiger partial charge in [0.2, 0.25) is 5.91 Å². The molecule has 1 saturated carbocycles. The first kappa shape index (κ1) is 18.5. The van der Waals surface area contributed by atoms with E-state index in [1.165, 1.54) is 0 Å². The summed E-state index contributed by atoms with van der Waals surface area (Å²) in [6.45, 7) is 3.51. The Bertz CT molecular complexity index is 565. The van der Waals surface area contributed by atoms with Crippen molar-refractivity contribution in [2.45, 2.75) is 50.1 Å².